The number of benzene rings is 1. The molecule has 104 valence electrons. The van der Waals surface area contributed by atoms with Gasteiger partial charge in [-0.2, -0.15) is 4.98 Å². The first-order valence-corrected chi connectivity index (χ1v) is 6.58. The molecule has 0 bridgehead atoms. The molecule has 1 aromatic heterocycles. The van der Waals surface area contributed by atoms with Crippen LogP contribution in [0.5, 0.6) is 0 Å². The van der Waals surface area contributed by atoms with Crippen molar-refractivity contribution in [3.05, 3.63) is 41.5 Å². The van der Waals surface area contributed by atoms with Gasteiger partial charge in [0.25, 0.3) is 0 Å². The molecular weight excluding hydrogens is 256 g/mol. The number of hydrogen-bond donors (Lipinski definition) is 2. The van der Waals surface area contributed by atoms with E-state index in [0.717, 1.165) is 24.8 Å². The fourth-order valence-corrected chi connectivity index (χ4v) is 2.12. The zero-order chi connectivity index (χ0) is 14.2. The van der Waals surface area contributed by atoms with E-state index < -0.39 is 11.4 Å². The maximum atomic E-state index is 12.0. The average Bonchev–Trinajstić information content (AvgIpc) is 2.89. The summed E-state index contributed by atoms with van der Waals surface area (Å²) in [6.07, 6.45) is 2.70. The van der Waals surface area contributed by atoms with Crippen molar-refractivity contribution in [1.82, 2.24) is 10.1 Å². The molecule has 0 atom stereocenters. The lowest BCUT2D eigenvalue weighted by atomic mass is 9.77. The van der Waals surface area contributed by atoms with Crippen LogP contribution in [0.3, 0.4) is 0 Å². The van der Waals surface area contributed by atoms with Gasteiger partial charge in [0.05, 0.1) is 5.54 Å². The first kappa shape index (κ1) is 12.8. The van der Waals surface area contributed by atoms with Crippen LogP contribution in [0.2, 0.25) is 0 Å². The Morgan fingerprint density at radius 3 is 2.65 bits per heavy atom. The number of carbonyl (C=O) groups is 1. The molecule has 0 saturated heterocycles. The van der Waals surface area contributed by atoms with Crippen molar-refractivity contribution in [2.24, 2.45) is 5.73 Å². The molecule has 1 fully saturated rings. The Morgan fingerprint density at radius 1 is 1.35 bits per heavy atom. The molecule has 20 heavy (non-hydrogen) atoms. The molecule has 0 unspecified atom stereocenters. The third-order valence-electron chi connectivity index (χ3n) is 3.62. The quantitative estimate of drug-likeness (QED) is 0.890. The van der Waals surface area contributed by atoms with Crippen molar-refractivity contribution in [2.45, 2.75) is 31.7 Å². The zero-order valence-electron chi connectivity index (χ0n) is 11.2. The lowest BCUT2D eigenvalue weighted by Gasteiger charge is -2.34. The SMILES string of the molecule is Cc1ccc(NC(=O)c2nc(C3(N)CCC3)no2)cc1. The Bertz CT molecular complexity index is 629. The lowest BCUT2D eigenvalue weighted by Crippen LogP contribution is -2.44. The van der Waals surface area contributed by atoms with Crippen molar-refractivity contribution in [1.29, 1.82) is 0 Å². The summed E-state index contributed by atoms with van der Waals surface area (Å²) in [5.74, 6) is -0.0642. The van der Waals surface area contributed by atoms with E-state index >= 15 is 0 Å². The molecule has 1 aliphatic carbocycles. The van der Waals surface area contributed by atoms with E-state index in [4.69, 9.17) is 10.3 Å². The van der Waals surface area contributed by atoms with Crippen LogP contribution in [0, 0.1) is 6.92 Å². The summed E-state index contributed by atoms with van der Waals surface area (Å²) in [6.45, 7) is 1.98. The van der Waals surface area contributed by atoms with E-state index in [2.05, 4.69) is 15.5 Å². The lowest BCUT2D eigenvalue weighted by molar-refractivity contribution is 0.0981. The third kappa shape index (κ3) is 2.30. The number of rotatable bonds is 3. The van der Waals surface area contributed by atoms with Crippen LogP contribution in [0.25, 0.3) is 0 Å². The van der Waals surface area contributed by atoms with Crippen LogP contribution in [0.15, 0.2) is 28.8 Å². The molecule has 1 saturated carbocycles. The minimum atomic E-state index is -0.522. The normalized spacial score (nSPS) is 16.5. The molecule has 1 amide bonds. The van der Waals surface area contributed by atoms with E-state index in [1.807, 2.05) is 31.2 Å². The van der Waals surface area contributed by atoms with Crippen molar-refractivity contribution >= 4 is 11.6 Å². The number of aryl methyl sites for hydroxylation is 1. The molecular formula is C14H16N4O2. The summed E-state index contributed by atoms with van der Waals surface area (Å²) in [7, 11) is 0. The fourth-order valence-electron chi connectivity index (χ4n) is 2.12. The Hall–Kier alpha value is -2.21. The monoisotopic (exact) mass is 272 g/mol. The van der Waals surface area contributed by atoms with Crippen LogP contribution in [0.4, 0.5) is 5.69 Å². The third-order valence-corrected chi connectivity index (χ3v) is 3.62. The first-order valence-electron chi connectivity index (χ1n) is 6.58. The summed E-state index contributed by atoms with van der Waals surface area (Å²) in [6, 6.07) is 7.47. The highest BCUT2D eigenvalue weighted by atomic mass is 16.5. The second-order valence-electron chi connectivity index (χ2n) is 5.25. The minimum Gasteiger partial charge on any atom is -0.328 e. The summed E-state index contributed by atoms with van der Waals surface area (Å²) < 4.78 is 4.99. The number of carbonyl (C=O) groups excluding carboxylic acids is 1. The molecule has 0 spiro atoms. The molecule has 2 aromatic rings. The number of amides is 1. The van der Waals surface area contributed by atoms with Gasteiger partial charge in [0.1, 0.15) is 0 Å². The molecule has 6 nitrogen and oxygen atoms in total. The van der Waals surface area contributed by atoms with E-state index in [-0.39, 0.29) is 5.89 Å². The number of nitrogens with zero attached hydrogens (tertiary/aromatic N) is 2. The number of nitrogens with two attached hydrogens (primary N) is 1. The van der Waals surface area contributed by atoms with Gasteiger partial charge in [-0.15, -0.1) is 0 Å². The Kier molecular flexibility index (Phi) is 3.02. The molecule has 3 N–H and O–H groups in total. The van der Waals surface area contributed by atoms with Gasteiger partial charge in [0.15, 0.2) is 5.82 Å². The average molecular weight is 272 g/mol. The van der Waals surface area contributed by atoms with Gasteiger partial charge in [-0.3, -0.25) is 4.79 Å². The van der Waals surface area contributed by atoms with Crippen LogP contribution >= 0.6 is 0 Å². The van der Waals surface area contributed by atoms with Gasteiger partial charge >= 0.3 is 11.8 Å². The van der Waals surface area contributed by atoms with Crippen molar-refractivity contribution in [3.8, 4) is 0 Å². The highest BCUT2D eigenvalue weighted by Gasteiger charge is 2.39. The number of aromatic nitrogens is 2. The summed E-state index contributed by atoms with van der Waals surface area (Å²) in [4.78, 5) is 16.1. The van der Waals surface area contributed by atoms with Crippen LogP contribution < -0.4 is 11.1 Å². The maximum absolute atomic E-state index is 12.0. The van der Waals surface area contributed by atoms with E-state index in [1.165, 1.54) is 0 Å². The molecule has 3 rings (SSSR count). The topological polar surface area (TPSA) is 94.0 Å². The molecule has 1 aliphatic rings. The van der Waals surface area contributed by atoms with Crippen molar-refractivity contribution in [3.63, 3.8) is 0 Å². The van der Waals surface area contributed by atoms with E-state index in [0.29, 0.717) is 11.5 Å². The highest BCUT2D eigenvalue weighted by Crippen LogP contribution is 2.36. The number of anilines is 1. The van der Waals surface area contributed by atoms with Crippen LogP contribution in [-0.2, 0) is 5.54 Å². The van der Waals surface area contributed by atoms with Crippen LogP contribution in [0.1, 0.15) is 41.3 Å². The predicted octanol–water partition coefficient (Wildman–Crippen LogP) is 1.97. The fraction of sp³-hybridized carbons (Fsp3) is 0.357. The number of nitrogens with one attached hydrogen (secondary N) is 1. The second-order valence-corrected chi connectivity index (χ2v) is 5.25. The Labute approximate surface area is 116 Å². The largest absolute Gasteiger partial charge is 0.328 e. The smallest absolute Gasteiger partial charge is 0.316 e. The van der Waals surface area contributed by atoms with Crippen LogP contribution in [-0.4, -0.2) is 16.0 Å². The van der Waals surface area contributed by atoms with Gasteiger partial charge in [-0.25, -0.2) is 0 Å². The standard InChI is InChI=1S/C14H16N4O2/c1-9-3-5-10(6-4-9)16-11(19)12-17-13(18-20-12)14(15)7-2-8-14/h3-6H,2,7-8,15H2,1H3,(H,16,19). The van der Waals surface area contributed by atoms with Gasteiger partial charge in [0, 0.05) is 5.69 Å². The Balaban J connectivity index is 1.72. The van der Waals surface area contributed by atoms with Gasteiger partial charge in [-0.1, -0.05) is 22.9 Å². The van der Waals surface area contributed by atoms with Gasteiger partial charge < -0.3 is 15.6 Å². The summed E-state index contributed by atoms with van der Waals surface area (Å²) >= 11 is 0. The van der Waals surface area contributed by atoms with E-state index in [9.17, 15) is 4.79 Å². The summed E-state index contributed by atoms with van der Waals surface area (Å²) in [5, 5.41) is 6.53. The zero-order valence-corrected chi connectivity index (χ0v) is 11.2. The second kappa shape index (κ2) is 4.72. The summed E-state index contributed by atoms with van der Waals surface area (Å²) in [5.41, 5.74) is 7.38. The predicted molar refractivity (Wildman–Crippen MR) is 73.1 cm³/mol. The van der Waals surface area contributed by atoms with Gasteiger partial charge in [-0.05, 0) is 38.3 Å². The van der Waals surface area contributed by atoms with E-state index in [1.54, 1.807) is 0 Å². The Morgan fingerprint density at radius 2 is 2.05 bits per heavy atom. The molecule has 6 heteroatoms. The number of hydrogen-bond acceptors (Lipinski definition) is 5. The minimum absolute atomic E-state index is 0.0581. The van der Waals surface area contributed by atoms with Crippen molar-refractivity contribution in [2.75, 3.05) is 5.32 Å². The molecule has 0 radical (unpaired) electrons. The molecule has 0 aliphatic heterocycles. The molecule has 1 heterocycles. The molecule has 1 aromatic carbocycles. The first-order chi connectivity index (χ1) is 9.57. The maximum Gasteiger partial charge on any atom is 0.316 e. The van der Waals surface area contributed by atoms with Crippen molar-refractivity contribution < 1.29 is 9.32 Å². The highest BCUT2D eigenvalue weighted by molar-refractivity contribution is 6.00. The van der Waals surface area contributed by atoms with Gasteiger partial charge in [0.2, 0.25) is 0 Å².